The predicted octanol–water partition coefficient (Wildman–Crippen LogP) is 6.57. The standard InChI is InChI=1S/C35H32O10/c1-3-34(36)41-22-21-40-29-13-9-28(10-14-29)35(37)45-33-15-7-27(8-16-33)26-5-11-30(12-6-26)43-25-44-32-19-17-31(18-20-32)42-24-39-23-38-4-2/h3-20H,1-2,21-25H2. The van der Waals surface area contributed by atoms with Gasteiger partial charge in [-0.15, -0.1) is 0 Å². The second kappa shape index (κ2) is 17.4. The first-order valence-electron chi connectivity index (χ1n) is 13.8. The van der Waals surface area contributed by atoms with Gasteiger partial charge in [-0.25, -0.2) is 9.59 Å². The summed E-state index contributed by atoms with van der Waals surface area (Å²) in [5, 5.41) is 0. The number of ether oxygens (including phenoxy) is 8. The number of benzene rings is 4. The zero-order valence-electron chi connectivity index (χ0n) is 24.4. The lowest BCUT2D eigenvalue weighted by Crippen LogP contribution is -2.11. The maximum Gasteiger partial charge on any atom is 0.343 e. The maximum atomic E-state index is 12.6. The van der Waals surface area contributed by atoms with Gasteiger partial charge in [0.1, 0.15) is 42.0 Å². The first-order valence-corrected chi connectivity index (χ1v) is 13.8. The third-order valence-electron chi connectivity index (χ3n) is 5.96. The molecule has 10 nitrogen and oxygen atoms in total. The fourth-order valence-corrected chi connectivity index (χ4v) is 3.71. The van der Waals surface area contributed by atoms with Gasteiger partial charge in [0.05, 0.1) is 11.8 Å². The van der Waals surface area contributed by atoms with Gasteiger partial charge in [0.15, 0.2) is 13.6 Å². The topological polar surface area (TPSA) is 108 Å². The van der Waals surface area contributed by atoms with Crippen LogP contribution in [0.15, 0.2) is 123 Å². The third kappa shape index (κ3) is 10.8. The van der Waals surface area contributed by atoms with Gasteiger partial charge in [-0.1, -0.05) is 37.4 Å². The number of esters is 2. The van der Waals surface area contributed by atoms with Crippen LogP contribution in [0.1, 0.15) is 10.4 Å². The van der Waals surface area contributed by atoms with Crippen LogP contribution in [0.25, 0.3) is 11.1 Å². The van der Waals surface area contributed by atoms with Crippen molar-refractivity contribution in [1.82, 2.24) is 0 Å². The van der Waals surface area contributed by atoms with Crippen molar-refractivity contribution in [2.75, 3.05) is 33.6 Å². The zero-order valence-corrected chi connectivity index (χ0v) is 24.4. The van der Waals surface area contributed by atoms with Crippen LogP contribution in [0.2, 0.25) is 0 Å². The molecule has 4 rings (SSSR count). The van der Waals surface area contributed by atoms with Crippen LogP contribution < -0.4 is 23.7 Å². The Hall–Kier alpha value is -5.74. The first-order chi connectivity index (χ1) is 22.0. The van der Waals surface area contributed by atoms with E-state index in [-0.39, 0.29) is 33.6 Å². The van der Waals surface area contributed by atoms with Gasteiger partial charge >= 0.3 is 11.9 Å². The Balaban J connectivity index is 1.18. The number of carbonyl (C=O) groups is 2. The van der Waals surface area contributed by atoms with Crippen molar-refractivity contribution in [2.24, 2.45) is 0 Å². The number of carbonyl (C=O) groups excluding carboxylic acids is 2. The van der Waals surface area contributed by atoms with Crippen LogP contribution in [0.4, 0.5) is 0 Å². The Labute approximate surface area is 260 Å². The monoisotopic (exact) mass is 612 g/mol. The van der Waals surface area contributed by atoms with Gasteiger partial charge in [0, 0.05) is 6.08 Å². The van der Waals surface area contributed by atoms with Crippen LogP contribution in [0.3, 0.4) is 0 Å². The van der Waals surface area contributed by atoms with E-state index >= 15 is 0 Å². The molecule has 0 unspecified atom stereocenters. The highest BCUT2D eigenvalue weighted by Gasteiger charge is 2.10. The minimum Gasteiger partial charge on any atom is -0.490 e. The average Bonchev–Trinajstić information content (AvgIpc) is 3.08. The summed E-state index contributed by atoms with van der Waals surface area (Å²) < 4.78 is 42.6. The Bertz CT molecular complexity index is 1510. The molecule has 45 heavy (non-hydrogen) atoms. The van der Waals surface area contributed by atoms with Crippen molar-refractivity contribution in [3.8, 4) is 39.9 Å². The molecule has 0 saturated carbocycles. The molecule has 0 radical (unpaired) electrons. The largest absolute Gasteiger partial charge is 0.490 e. The van der Waals surface area contributed by atoms with E-state index in [4.69, 9.17) is 37.9 Å². The summed E-state index contributed by atoms with van der Waals surface area (Å²) in [7, 11) is 0. The van der Waals surface area contributed by atoms with E-state index in [9.17, 15) is 9.59 Å². The van der Waals surface area contributed by atoms with E-state index in [2.05, 4.69) is 13.2 Å². The second-order valence-electron chi connectivity index (χ2n) is 8.98. The molecule has 10 heteroatoms. The fourth-order valence-electron chi connectivity index (χ4n) is 3.71. The van der Waals surface area contributed by atoms with Crippen molar-refractivity contribution >= 4 is 11.9 Å². The lowest BCUT2D eigenvalue weighted by atomic mass is 10.1. The van der Waals surface area contributed by atoms with E-state index in [1.54, 1.807) is 60.7 Å². The molecule has 0 N–H and O–H groups in total. The van der Waals surface area contributed by atoms with E-state index in [1.165, 1.54) is 6.26 Å². The molecule has 0 aliphatic carbocycles. The summed E-state index contributed by atoms with van der Waals surface area (Å²) in [5.41, 5.74) is 2.28. The van der Waals surface area contributed by atoms with Gasteiger partial charge in [-0.3, -0.25) is 0 Å². The number of hydrogen-bond donors (Lipinski definition) is 0. The number of rotatable bonds is 18. The lowest BCUT2D eigenvalue weighted by Gasteiger charge is -2.11. The summed E-state index contributed by atoms with van der Waals surface area (Å²) in [6, 6.07) is 28.3. The molecule has 0 saturated heterocycles. The molecular formula is C35H32O10. The third-order valence-corrected chi connectivity index (χ3v) is 5.96. The average molecular weight is 613 g/mol. The highest BCUT2D eigenvalue weighted by molar-refractivity contribution is 5.91. The predicted molar refractivity (Wildman–Crippen MR) is 165 cm³/mol. The van der Waals surface area contributed by atoms with E-state index in [0.29, 0.717) is 34.3 Å². The van der Waals surface area contributed by atoms with Crippen molar-refractivity contribution in [3.63, 3.8) is 0 Å². The van der Waals surface area contributed by atoms with Crippen molar-refractivity contribution in [3.05, 3.63) is 128 Å². The van der Waals surface area contributed by atoms with Crippen LogP contribution in [0, 0.1) is 0 Å². The Morgan fingerprint density at radius 1 is 0.556 bits per heavy atom. The molecule has 0 spiro atoms. The molecule has 0 aliphatic rings. The molecule has 0 heterocycles. The smallest absolute Gasteiger partial charge is 0.343 e. The van der Waals surface area contributed by atoms with Crippen molar-refractivity contribution in [1.29, 1.82) is 0 Å². The second-order valence-corrected chi connectivity index (χ2v) is 8.98. The molecular weight excluding hydrogens is 580 g/mol. The van der Waals surface area contributed by atoms with E-state index in [0.717, 1.165) is 17.2 Å². The van der Waals surface area contributed by atoms with Crippen LogP contribution in [-0.2, 0) is 19.0 Å². The van der Waals surface area contributed by atoms with Gasteiger partial charge in [0.25, 0.3) is 0 Å². The molecule has 232 valence electrons. The molecule has 0 fully saturated rings. The molecule has 0 aliphatic heterocycles. The van der Waals surface area contributed by atoms with E-state index in [1.807, 2.05) is 36.4 Å². The van der Waals surface area contributed by atoms with Crippen LogP contribution in [-0.4, -0.2) is 45.5 Å². The van der Waals surface area contributed by atoms with E-state index < -0.39 is 11.9 Å². The van der Waals surface area contributed by atoms with Crippen LogP contribution in [0.5, 0.6) is 28.7 Å². The Morgan fingerprint density at radius 3 is 1.60 bits per heavy atom. The zero-order chi connectivity index (χ0) is 31.7. The maximum absolute atomic E-state index is 12.6. The quantitative estimate of drug-likeness (QED) is 0.0306. The summed E-state index contributed by atoms with van der Waals surface area (Å²) in [5.74, 6) is 1.84. The molecule has 0 aromatic heterocycles. The lowest BCUT2D eigenvalue weighted by molar-refractivity contribution is -0.138. The Kier molecular flexibility index (Phi) is 12.4. The molecule has 4 aromatic carbocycles. The molecule has 4 aromatic rings. The minimum atomic E-state index is -0.514. The van der Waals surface area contributed by atoms with Gasteiger partial charge in [0.2, 0.25) is 6.79 Å². The first kappa shape index (κ1) is 32.2. The Morgan fingerprint density at radius 2 is 1.04 bits per heavy atom. The molecule has 0 atom stereocenters. The minimum absolute atomic E-state index is 0.0323. The summed E-state index contributed by atoms with van der Waals surface area (Å²) >= 11 is 0. The molecule has 0 amide bonds. The summed E-state index contributed by atoms with van der Waals surface area (Å²) in [4.78, 5) is 23.6. The summed E-state index contributed by atoms with van der Waals surface area (Å²) in [6.45, 7) is 7.18. The van der Waals surface area contributed by atoms with Crippen molar-refractivity contribution in [2.45, 2.75) is 0 Å². The van der Waals surface area contributed by atoms with Gasteiger partial charge < -0.3 is 37.9 Å². The highest BCUT2D eigenvalue weighted by Crippen LogP contribution is 2.26. The highest BCUT2D eigenvalue weighted by atomic mass is 16.7. The van der Waals surface area contributed by atoms with Gasteiger partial charge in [-0.05, 0) is 83.9 Å². The summed E-state index contributed by atoms with van der Waals surface area (Å²) in [6.07, 6.45) is 2.38. The molecule has 0 bridgehead atoms. The van der Waals surface area contributed by atoms with Gasteiger partial charge in [-0.2, -0.15) is 0 Å². The van der Waals surface area contributed by atoms with Crippen LogP contribution >= 0.6 is 0 Å². The SMILES string of the molecule is C=COCOCOc1ccc(OCOc2ccc(-c3ccc(OC(=O)c4ccc(OCCOC(=O)C=C)cc4)cc3)cc2)cc1. The normalized spacial score (nSPS) is 10.2. The number of hydrogen-bond acceptors (Lipinski definition) is 10. The fraction of sp³-hybridized carbons (Fsp3) is 0.143. The van der Waals surface area contributed by atoms with Crippen molar-refractivity contribution < 1.29 is 47.5 Å².